The molecule has 0 N–H and O–H groups in total. The molecule has 0 bridgehead atoms. The number of rotatable bonds is 8. The van der Waals surface area contributed by atoms with E-state index in [0.717, 1.165) is 17.3 Å². The summed E-state index contributed by atoms with van der Waals surface area (Å²) in [5.74, 6) is 1.83. The average Bonchev–Trinajstić information content (AvgIpc) is 3.02. The number of amides is 2. The minimum atomic E-state index is -0.366. The maximum absolute atomic E-state index is 12.7. The largest absolute Gasteiger partial charge is 0.496 e. The highest BCUT2D eigenvalue weighted by Crippen LogP contribution is 2.38. The molecule has 7 nitrogen and oxygen atoms in total. The summed E-state index contributed by atoms with van der Waals surface area (Å²) in [6.07, 6.45) is 1.62. The summed E-state index contributed by atoms with van der Waals surface area (Å²) >= 11 is 0.883. The number of methoxy groups -OCH3 is 3. The van der Waals surface area contributed by atoms with Crippen molar-refractivity contribution in [2.24, 2.45) is 0 Å². The van der Waals surface area contributed by atoms with Crippen LogP contribution in [-0.2, 0) is 4.79 Å². The highest BCUT2D eigenvalue weighted by Gasteiger charge is 2.35. The van der Waals surface area contributed by atoms with Crippen LogP contribution in [0, 0.1) is 6.92 Å². The number of carbonyl (C=O) groups excluding carboxylic acids is 2. The number of thioether (sulfide) groups is 1. The second kappa shape index (κ2) is 9.58. The fourth-order valence-electron chi connectivity index (χ4n) is 2.89. The van der Waals surface area contributed by atoms with Gasteiger partial charge < -0.3 is 18.9 Å². The first kappa shape index (κ1) is 21.6. The molecule has 2 aromatic rings. The molecule has 0 aromatic heterocycles. The van der Waals surface area contributed by atoms with Crippen molar-refractivity contribution in [3.05, 3.63) is 52.4 Å². The van der Waals surface area contributed by atoms with Crippen LogP contribution in [0.15, 0.2) is 41.3 Å². The predicted molar refractivity (Wildman–Crippen MR) is 115 cm³/mol. The number of imide groups is 1. The summed E-state index contributed by atoms with van der Waals surface area (Å²) in [5, 5.41) is -0.335. The number of hydrogen-bond donors (Lipinski definition) is 0. The lowest BCUT2D eigenvalue weighted by Gasteiger charge is -2.14. The van der Waals surface area contributed by atoms with Gasteiger partial charge in [-0.15, -0.1) is 0 Å². The van der Waals surface area contributed by atoms with E-state index < -0.39 is 0 Å². The van der Waals surface area contributed by atoms with Crippen molar-refractivity contribution in [2.45, 2.75) is 6.92 Å². The molecule has 1 fully saturated rings. The second-order valence-corrected chi connectivity index (χ2v) is 7.44. The number of benzene rings is 2. The maximum Gasteiger partial charge on any atom is 0.293 e. The van der Waals surface area contributed by atoms with Crippen LogP contribution < -0.4 is 18.9 Å². The number of nitrogens with zero attached hydrogens (tertiary/aromatic N) is 1. The molecule has 1 aliphatic rings. The SMILES string of the molecule is COc1cc(OC)c(OC)cc1/C=C1\SC(=O)N(CCOc2ccc(C)cc2)C1=O. The van der Waals surface area contributed by atoms with Crippen molar-refractivity contribution in [2.75, 3.05) is 34.5 Å². The van der Waals surface area contributed by atoms with Crippen LogP contribution in [-0.4, -0.2) is 50.5 Å². The molecule has 30 heavy (non-hydrogen) atoms. The van der Waals surface area contributed by atoms with Crippen molar-refractivity contribution in [3.8, 4) is 23.0 Å². The van der Waals surface area contributed by atoms with Gasteiger partial charge in [0.25, 0.3) is 11.1 Å². The van der Waals surface area contributed by atoms with E-state index in [1.54, 1.807) is 18.2 Å². The van der Waals surface area contributed by atoms with Gasteiger partial charge in [-0.1, -0.05) is 17.7 Å². The zero-order valence-electron chi connectivity index (χ0n) is 17.3. The van der Waals surface area contributed by atoms with Gasteiger partial charge >= 0.3 is 0 Å². The van der Waals surface area contributed by atoms with E-state index in [9.17, 15) is 9.59 Å². The third-order valence-electron chi connectivity index (χ3n) is 4.50. The van der Waals surface area contributed by atoms with E-state index in [1.807, 2.05) is 31.2 Å². The summed E-state index contributed by atoms with van der Waals surface area (Å²) in [6, 6.07) is 11.0. The molecule has 1 aliphatic heterocycles. The Hall–Kier alpha value is -3.13. The lowest BCUT2D eigenvalue weighted by atomic mass is 10.1. The Bertz CT molecular complexity index is 970. The molecule has 0 saturated carbocycles. The maximum atomic E-state index is 12.7. The topological polar surface area (TPSA) is 74.3 Å². The van der Waals surface area contributed by atoms with Crippen LogP contribution in [0.25, 0.3) is 6.08 Å². The smallest absolute Gasteiger partial charge is 0.293 e. The zero-order valence-corrected chi connectivity index (χ0v) is 18.1. The summed E-state index contributed by atoms with van der Waals surface area (Å²) < 4.78 is 21.6. The van der Waals surface area contributed by atoms with E-state index in [4.69, 9.17) is 18.9 Å². The summed E-state index contributed by atoms with van der Waals surface area (Å²) in [4.78, 5) is 26.6. The second-order valence-electron chi connectivity index (χ2n) is 6.44. The molecule has 0 unspecified atom stereocenters. The van der Waals surface area contributed by atoms with Gasteiger partial charge in [0, 0.05) is 11.6 Å². The molecule has 2 aromatic carbocycles. The Balaban J connectivity index is 1.73. The number of carbonyl (C=O) groups is 2. The molecule has 8 heteroatoms. The quantitative estimate of drug-likeness (QED) is 0.584. The fourth-order valence-corrected chi connectivity index (χ4v) is 3.74. The lowest BCUT2D eigenvalue weighted by Crippen LogP contribution is -2.32. The molecule has 1 heterocycles. The summed E-state index contributed by atoms with van der Waals surface area (Å²) in [6.45, 7) is 2.37. The van der Waals surface area contributed by atoms with Crippen LogP contribution in [0.5, 0.6) is 23.0 Å². The van der Waals surface area contributed by atoms with Crippen LogP contribution in [0.3, 0.4) is 0 Å². The molecule has 0 spiro atoms. The van der Waals surface area contributed by atoms with E-state index in [0.29, 0.717) is 33.5 Å². The zero-order chi connectivity index (χ0) is 21.7. The van der Waals surface area contributed by atoms with E-state index in [-0.39, 0.29) is 24.3 Å². The molecule has 0 aliphatic carbocycles. The molecular formula is C22H23NO6S. The van der Waals surface area contributed by atoms with Crippen molar-refractivity contribution in [1.29, 1.82) is 0 Å². The third kappa shape index (κ3) is 4.71. The lowest BCUT2D eigenvalue weighted by molar-refractivity contribution is -0.123. The van der Waals surface area contributed by atoms with Crippen molar-refractivity contribution < 1.29 is 28.5 Å². The normalized spacial score (nSPS) is 14.9. The molecule has 3 rings (SSSR count). The van der Waals surface area contributed by atoms with Gasteiger partial charge in [-0.25, -0.2) is 0 Å². The first-order chi connectivity index (χ1) is 14.5. The minimum absolute atomic E-state index is 0.166. The van der Waals surface area contributed by atoms with Gasteiger partial charge in [-0.2, -0.15) is 0 Å². The highest BCUT2D eigenvalue weighted by molar-refractivity contribution is 8.18. The van der Waals surface area contributed by atoms with Crippen molar-refractivity contribution in [1.82, 2.24) is 4.90 Å². The molecule has 158 valence electrons. The van der Waals surface area contributed by atoms with Gasteiger partial charge in [0.2, 0.25) is 0 Å². The number of aryl methyl sites for hydroxylation is 1. The molecule has 0 atom stereocenters. The van der Waals surface area contributed by atoms with E-state index in [2.05, 4.69) is 0 Å². The van der Waals surface area contributed by atoms with Crippen LogP contribution >= 0.6 is 11.8 Å². The van der Waals surface area contributed by atoms with E-state index >= 15 is 0 Å². The Morgan fingerprint density at radius 2 is 1.57 bits per heavy atom. The standard InChI is InChI=1S/C22H23NO6S/c1-14-5-7-16(8-6-14)29-10-9-23-21(24)20(30-22(23)25)12-15-11-18(27-3)19(28-4)13-17(15)26-2/h5-8,11-13H,9-10H2,1-4H3/b20-12-. The van der Waals surface area contributed by atoms with Gasteiger partial charge in [0.1, 0.15) is 18.1 Å². The third-order valence-corrected chi connectivity index (χ3v) is 5.41. The Labute approximate surface area is 179 Å². The van der Waals surface area contributed by atoms with Gasteiger partial charge in [0.15, 0.2) is 11.5 Å². The first-order valence-electron chi connectivity index (χ1n) is 9.21. The predicted octanol–water partition coefficient (Wildman–Crippen LogP) is 4.14. The molecule has 1 saturated heterocycles. The summed E-state index contributed by atoms with van der Waals surface area (Å²) in [5.41, 5.74) is 1.74. The first-order valence-corrected chi connectivity index (χ1v) is 10.0. The van der Waals surface area contributed by atoms with Crippen LogP contribution in [0.2, 0.25) is 0 Å². The van der Waals surface area contributed by atoms with Crippen LogP contribution in [0.4, 0.5) is 4.79 Å². The Morgan fingerprint density at radius 3 is 2.20 bits per heavy atom. The van der Waals surface area contributed by atoms with Gasteiger partial charge in [-0.05, 0) is 43.0 Å². The molecule has 0 radical (unpaired) electrons. The fraction of sp³-hybridized carbons (Fsp3) is 0.273. The van der Waals surface area contributed by atoms with Crippen molar-refractivity contribution >= 4 is 29.0 Å². The van der Waals surface area contributed by atoms with E-state index in [1.165, 1.54) is 26.2 Å². The van der Waals surface area contributed by atoms with Gasteiger partial charge in [0.05, 0.1) is 32.8 Å². The highest BCUT2D eigenvalue weighted by atomic mass is 32.2. The van der Waals surface area contributed by atoms with Gasteiger partial charge in [-0.3, -0.25) is 14.5 Å². The average molecular weight is 429 g/mol. The molecular weight excluding hydrogens is 406 g/mol. The Morgan fingerprint density at radius 1 is 0.933 bits per heavy atom. The Kier molecular flexibility index (Phi) is 6.89. The van der Waals surface area contributed by atoms with Crippen molar-refractivity contribution in [3.63, 3.8) is 0 Å². The minimum Gasteiger partial charge on any atom is -0.496 e. The number of hydrogen-bond acceptors (Lipinski definition) is 7. The van der Waals surface area contributed by atoms with Crippen LogP contribution in [0.1, 0.15) is 11.1 Å². The summed E-state index contributed by atoms with van der Waals surface area (Å²) in [7, 11) is 4.57. The monoisotopic (exact) mass is 429 g/mol. The number of ether oxygens (including phenoxy) is 4. The molecule has 2 amide bonds.